The molecule has 1 saturated carbocycles. The molecule has 0 aromatic carbocycles. The molecule has 1 N–H and O–H groups in total. The quantitative estimate of drug-likeness (QED) is 0.777. The van der Waals surface area contributed by atoms with Crippen molar-refractivity contribution in [2.24, 2.45) is 5.92 Å². The van der Waals surface area contributed by atoms with Gasteiger partial charge in [-0.2, -0.15) is 0 Å². The lowest BCUT2D eigenvalue weighted by atomic mass is 10.2. The van der Waals surface area contributed by atoms with Crippen molar-refractivity contribution in [1.82, 2.24) is 9.97 Å². The van der Waals surface area contributed by atoms with E-state index >= 15 is 0 Å². The smallest absolute Gasteiger partial charge is 0.303 e. The molecule has 0 saturated heterocycles. The van der Waals surface area contributed by atoms with Gasteiger partial charge in [0, 0.05) is 25.4 Å². The van der Waals surface area contributed by atoms with Crippen molar-refractivity contribution in [2.75, 3.05) is 13.2 Å². The summed E-state index contributed by atoms with van der Waals surface area (Å²) in [7, 11) is 0. The molecule has 2 rings (SSSR count). The molecule has 1 fully saturated rings. The molecule has 20 heavy (non-hydrogen) atoms. The number of aromatic nitrogens is 2. The van der Waals surface area contributed by atoms with Crippen molar-refractivity contribution in [1.29, 1.82) is 0 Å². The molecule has 112 valence electrons. The largest absolute Gasteiger partial charge is 0.481 e. The van der Waals surface area contributed by atoms with Gasteiger partial charge in [-0.05, 0) is 31.2 Å². The summed E-state index contributed by atoms with van der Waals surface area (Å²) in [6.07, 6.45) is 8.01. The van der Waals surface area contributed by atoms with E-state index < -0.39 is 5.97 Å². The summed E-state index contributed by atoms with van der Waals surface area (Å²) < 4.78 is 5.30. The molecule has 0 radical (unpaired) electrons. The molecule has 0 spiro atoms. The summed E-state index contributed by atoms with van der Waals surface area (Å²) >= 11 is 0. The number of aliphatic carboxylic acids is 1. The van der Waals surface area contributed by atoms with Crippen LogP contribution in [0.1, 0.15) is 44.0 Å². The third-order valence-corrected chi connectivity index (χ3v) is 2.91. The Hall–Kier alpha value is -1.49. The summed E-state index contributed by atoms with van der Waals surface area (Å²) in [4.78, 5) is 18.4. The van der Waals surface area contributed by atoms with Gasteiger partial charge in [-0.1, -0.05) is 19.8 Å². The van der Waals surface area contributed by atoms with Gasteiger partial charge in [0.15, 0.2) is 0 Å². The van der Waals surface area contributed by atoms with Gasteiger partial charge in [-0.3, -0.25) is 4.79 Å². The molecule has 0 atom stereocenters. The van der Waals surface area contributed by atoms with Crippen LogP contribution in [0.5, 0.6) is 0 Å². The molecule has 1 aromatic heterocycles. The molecule has 1 aromatic rings. The Balaban J connectivity index is 0.000000425. The van der Waals surface area contributed by atoms with Crippen LogP contribution in [0.15, 0.2) is 12.4 Å². The van der Waals surface area contributed by atoms with Crippen LogP contribution in [0.2, 0.25) is 0 Å². The molecule has 5 heteroatoms. The fraction of sp³-hybridized carbons (Fsp3) is 0.667. The van der Waals surface area contributed by atoms with E-state index in [4.69, 9.17) is 9.84 Å². The molecule has 0 unspecified atom stereocenters. The van der Waals surface area contributed by atoms with Crippen LogP contribution in [0.4, 0.5) is 0 Å². The lowest BCUT2D eigenvalue weighted by Gasteiger charge is -2.03. The van der Waals surface area contributed by atoms with Gasteiger partial charge in [0.05, 0.1) is 6.61 Å². The van der Waals surface area contributed by atoms with Gasteiger partial charge in [0.2, 0.25) is 0 Å². The van der Waals surface area contributed by atoms with Gasteiger partial charge in [0.25, 0.3) is 0 Å². The predicted molar refractivity (Wildman–Crippen MR) is 76.6 cm³/mol. The van der Waals surface area contributed by atoms with Crippen LogP contribution in [-0.4, -0.2) is 34.3 Å². The summed E-state index contributed by atoms with van der Waals surface area (Å²) in [5, 5.41) is 8.40. The first-order chi connectivity index (χ1) is 9.58. The van der Waals surface area contributed by atoms with Gasteiger partial charge >= 0.3 is 5.97 Å². The van der Waals surface area contributed by atoms with Gasteiger partial charge < -0.3 is 9.84 Å². The average Bonchev–Trinajstić information content (AvgIpc) is 3.19. The summed E-state index contributed by atoms with van der Waals surface area (Å²) in [6.45, 7) is 5.18. The Labute approximate surface area is 120 Å². The lowest BCUT2D eigenvalue weighted by molar-refractivity contribution is -0.137. The maximum atomic E-state index is 10.2. The first kappa shape index (κ1) is 16.6. The van der Waals surface area contributed by atoms with Crippen LogP contribution in [-0.2, 0) is 16.0 Å². The van der Waals surface area contributed by atoms with E-state index in [1.807, 2.05) is 6.92 Å². The maximum Gasteiger partial charge on any atom is 0.303 e. The molecular formula is C15H24N2O3. The number of carboxylic acid groups (broad SMARTS) is 1. The number of hydrogen-bond donors (Lipinski definition) is 1. The minimum atomic E-state index is -0.782. The number of hydrogen-bond acceptors (Lipinski definition) is 4. The Morgan fingerprint density at radius 3 is 2.45 bits per heavy atom. The predicted octanol–water partition coefficient (Wildman–Crippen LogP) is 2.63. The van der Waals surface area contributed by atoms with Gasteiger partial charge in [0.1, 0.15) is 5.82 Å². The Kier molecular flexibility index (Phi) is 7.80. The maximum absolute atomic E-state index is 10.2. The van der Waals surface area contributed by atoms with E-state index in [9.17, 15) is 4.79 Å². The van der Waals surface area contributed by atoms with E-state index in [0.717, 1.165) is 23.7 Å². The molecule has 0 aliphatic heterocycles. The van der Waals surface area contributed by atoms with Crippen molar-refractivity contribution in [3.63, 3.8) is 0 Å². The number of carbonyl (C=O) groups is 1. The van der Waals surface area contributed by atoms with E-state index in [2.05, 4.69) is 16.9 Å². The summed E-state index contributed by atoms with van der Waals surface area (Å²) in [5.74, 6) is 1.06. The highest BCUT2D eigenvalue weighted by molar-refractivity contribution is 5.66. The summed E-state index contributed by atoms with van der Waals surface area (Å²) in [6, 6.07) is 0. The third kappa shape index (κ3) is 9.44. The van der Waals surface area contributed by atoms with Crippen LogP contribution >= 0.6 is 0 Å². The molecule has 1 aliphatic rings. The van der Waals surface area contributed by atoms with Crippen LogP contribution in [0.3, 0.4) is 0 Å². The number of rotatable bonds is 7. The first-order valence-electron chi connectivity index (χ1n) is 7.15. The minimum Gasteiger partial charge on any atom is -0.481 e. The highest BCUT2D eigenvalue weighted by atomic mass is 16.5. The monoisotopic (exact) mass is 280 g/mol. The zero-order valence-electron chi connectivity index (χ0n) is 12.3. The summed E-state index contributed by atoms with van der Waals surface area (Å²) in [5.41, 5.74) is 1.03. The number of carboxylic acids is 1. The van der Waals surface area contributed by atoms with E-state index in [-0.39, 0.29) is 6.42 Å². The standard InChI is InChI=1S/C11H16N2O3.C4H8/c1-9-12-7-10(8-13-9)4-6-16-5-2-3-11(14)15;1-4-2-3-4/h7-8H,2-6H2,1H3,(H,14,15);4H,2-3H2,1H3. The van der Waals surface area contributed by atoms with Crippen LogP contribution in [0.25, 0.3) is 0 Å². The van der Waals surface area contributed by atoms with Crippen LogP contribution in [0, 0.1) is 12.8 Å². The topological polar surface area (TPSA) is 72.3 Å². The Bertz CT molecular complexity index is 389. The second-order valence-corrected chi connectivity index (χ2v) is 5.18. The molecule has 1 heterocycles. The second kappa shape index (κ2) is 9.42. The molecule has 0 bridgehead atoms. The van der Waals surface area contributed by atoms with Crippen molar-refractivity contribution in [3.05, 3.63) is 23.8 Å². The Morgan fingerprint density at radius 1 is 1.35 bits per heavy atom. The molecule has 1 aliphatic carbocycles. The SMILES string of the molecule is CC1CC1.Cc1ncc(CCOCCCC(=O)O)cn1. The lowest BCUT2D eigenvalue weighted by Crippen LogP contribution is -2.03. The van der Waals surface area contributed by atoms with Crippen molar-refractivity contribution < 1.29 is 14.6 Å². The molecule has 0 amide bonds. The van der Waals surface area contributed by atoms with Gasteiger partial charge in [-0.25, -0.2) is 9.97 Å². The number of nitrogens with zero attached hydrogens (tertiary/aromatic N) is 2. The highest BCUT2D eigenvalue weighted by Gasteiger charge is 2.12. The second-order valence-electron chi connectivity index (χ2n) is 5.18. The number of aryl methyl sites for hydroxylation is 1. The zero-order valence-corrected chi connectivity index (χ0v) is 12.3. The van der Waals surface area contributed by atoms with E-state index in [1.54, 1.807) is 12.4 Å². The average molecular weight is 280 g/mol. The van der Waals surface area contributed by atoms with Crippen LogP contribution < -0.4 is 0 Å². The fourth-order valence-electron chi connectivity index (χ4n) is 1.33. The highest BCUT2D eigenvalue weighted by Crippen LogP contribution is 2.26. The van der Waals surface area contributed by atoms with Gasteiger partial charge in [-0.15, -0.1) is 0 Å². The Morgan fingerprint density at radius 2 is 1.95 bits per heavy atom. The van der Waals surface area contributed by atoms with Crippen molar-refractivity contribution in [3.8, 4) is 0 Å². The minimum absolute atomic E-state index is 0.160. The first-order valence-corrected chi connectivity index (χ1v) is 7.15. The van der Waals surface area contributed by atoms with E-state index in [0.29, 0.717) is 19.6 Å². The third-order valence-electron chi connectivity index (χ3n) is 2.91. The number of ether oxygens (including phenoxy) is 1. The van der Waals surface area contributed by atoms with E-state index in [1.165, 1.54) is 12.8 Å². The fourth-order valence-corrected chi connectivity index (χ4v) is 1.33. The normalized spacial score (nSPS) is 13.5. The molecule has 5 nitrogen and oxygen atoms in total. The molecular weight excluding hydrogens is 256 g/mol. The van der Waals surface area contributed by atoms with Crippen molar-refractivity contribution >= 4 is 5.97 Å². The van der Waals surface area contributed by atoms with Crippen molar-refractivity contribution in [2.45, 2.75) is 46.0 Å². The zero-order chi connectivity index (χ0) is 14.8.